The van der Waals surface area contributed by atoms with E-state index in [1.54, 1.807) is 11.1 Å². The summed E-state index contributed by atoms with van der Waals surface area (Å²) in [6.07, 6.45) is 4.31. The maximum absolute atomic E-state index is 8.93. The molecule has 0 spiro atoms. The largest absolute Gasteiger partial charge is 0.373 e. The fraction of sp³-hybridized carbons (Fsp3) is 0.350. The van der Waals surface area contributed by atoms with Crippen LogP contribution < -0.4 is 0 Å². The number of benzene rings is 1. The maximum atomic E-state index is 8.93. The molecule has 2 aliphatic heterocycles. The van der Waals surface area contributed by atoms with Crippen LogP contribution in [0, 0.1) is 18.3 Å². The molecule has 0 radical (unpaired) electrons. The normalized spacial score (nSPS) is 20.6. The van der Waals surface area contributed by atoms with Crippen LogP contribution >= 0.6 is 0 Å². The van der Waals surface area contributed by atoms with Gasteiger partial charge in [0.05, 0.1) is 49.3 Å². The summed E-state index contributed by atoms with van der Waals surface area (Å²) >= 11 is 0. The van der Waals surface area contributed by atoms with Gasteiger partial charge in [0.2, 0.25) is 5.89 Å². The molecule has 2 atom stereocenters. The number of hydrogen-bond donors (Lipinski definition) is 0. The highest BCUT2D eigenvalue weighted by Crippen LogP contribution is 2.37. The molecule has 4 heterocycles. The van der Waals surface area contributed by atoms with Crippen LogP contribution in [0.4, 0.5) is 0 Å². The average molecular weight is 389 g/mol. The van der Waals surface area contributed by atoms with Crippen LogP contribution in [0.25, 0.3) is 0 Å². The van der Waals surface area contributed by atoms with Crippen LogP contribution in [0.15, 0.2) is 40.1 Å². The first kappa shape index (κ1) is 17.6. The lowest BCUT2D eigenvalue weighted by atomic mass is 9.99. The van der Waals surface area contributed by atoms with Crippen molar-refractivity contribution in [1.82, 2.24) is 24.9 Å². The Balaban J connectivity index is 1.23. The summed E-state index contributed by atoms with van der Waals surface area (Å²) in [5.41, 5.74) is 3.87. The lowest BCUT2D eigenvalue weighted by Gasteiger charge is -2.21. The van der Waals surface area contributed by atoms with Crippen LogP contribution in [-0.2, 0) is 17.8 Å². The van der Waals surface area contributed by atoms with Crippen molar-refractivity contribution in [2.75, 3.05) is 6.61 Å². The fourth-order valence-electron chi connectivity index (χ4n) is 3.67. The van der Waals surface area contributed by atoms with E-state index < -0.39 is 0 Å². The molecule has 9 heteroatoms. The molecule has 0 amide bonds. The zero-order valence-electron chi connectivity index (χ0n) is 15.9. The highest BCUT2D eigenvalue weighted by Gasteiger charge is 2.31. The van der Waals surface area contributed by atoms with E-state index in [0.29, 0.717) is 37.0 Å². The second-order valence-corrected chi connectivity index (χ2v) is 7.33. The van der Waals surface area contributed by atoms with Gasteiger partial charge in [-0.25, -0.2) is 0 Å². The first-order chi connectivity index (χ1) is 14.2. The van der Waals surface area contributed by atoms with E-state index in [1.165, 1.54) is 0 Å². The summed E-state index contributed by atoms with van der Waals surface area (Å²) in [4.78, 5) is 8.24. The highest BCUT2D eigenvalue weighted by molar-refractivity contribution is 5.56. The Morgan fingerprint density at radius 2 is 2.14 bits per heavy atom. The van der Waals surface area contributed by atoms with Gasteiger partial charge in [-0.15, -0.1) is 5.10 Å². The quantitative estimate of drug-likeness (QED) is 0.675. The topological polar surface area (TPSA) is 105 Å². The SMILES string of the molecule is Cc1cnn2c1CN(Cc1nc([C@@H]3CO[C@@H](c4ccc(C#N)cc4)C3)no1)C=N2. The first-order valence-electron chi connectivity index (χ1n) is 9.46. The maximum Gasteiger partial charge on any atom is 0.246 e. The van der Waals surface area contributed by atoms with Crippen molar-refractivity contribution in [1.29, 1.82) is 5.26 Å². The van der Waals surface area contributed by atoms with Gasteiger partial charge in [0.1, 0.15) is 6.34 Å². The van der Waals surface area contributed by atoms with Gasteiger partial charge in [0.15, 0.2) is 5.82 Å². The molecule has 1 fully saturated rings. The van der Waals surface area contributed by atoms with Crippen LogP contribution in [-0.4, -0.2) is 37.9 Å². The number of aryl methyl sites for hydroxylation is 1. The number of aromatic nitrogens is 4. The number of nitrogens with zero attached hydrogens (tertiary/aromatic N) is 7. The summed E-state index contributed by atoms with van der Waals surface area (Å²) in [6, 6.07) is 9.64. The molecule has 0 N–H and O–H groups in total. The van der Waals surface area contributed by atoms with Crippen molar-refractivity contribution >= 4 is 6.34 Å². The Labute approximate surface area is 167 Å². The van der Waals surface area contributed by atoms with E-state index in [0.717, 1.165) is 23.2 Å². The zero-order valence-corrected chi connectivity index (χ0v) is 15.9. The predicted octanol–water partition coefficient (Wildman–Crippen LogP) is 2.50. The van der Waals surface area contributed by atoms with Gasteiger partial charge < -0.3 is 14.2 Å². The van der Waals surface area contributed by atoms with Gasteiger partial charge in [-0.05, 0) is 36.6 Å². The Kier molecular flexibility index (Phi) is 4.33. The van der Waals surface area contributed by atoms with Gasteiger partial charge in [0.25, 0.3) is 0 Å². The lowest BCUT2D eigenvalue weighted by Crippen LogP contribution is -2.27. The predicted molar refractivity (Wildman–Crippen MR) is 102 cm³/mol. The Hall–Kier alpha value is -3.51. The molecule has 2 aromatic heterocycles. The van der Waals surface area contributed by atoms with E-state index in [4.69, 9.17) is 14.5 Å². The Morgan fingerprint density at radius 3 is 2.97 bits per heavy atom. The van der Waals surface area contributed by atoms with E-state index in [-0.39, 0.29) is 12.0 Å². The van der Waals surface area contributed by atoms with E-state index in [2.05, 4.69) is 26.4 Å². The molecule has 5 rings (SSSR count). The van der Waals surface area contributed by atoms with Crippen molar-refractivity contribution in [2.45, 2.75) is 38.5 Å². The van der Waals surface area contributed by atoms with Crippen LogP contribution in [0.3, 0.4) is 0 Å². The minimum Gasteiger partial charge on any atom is -0.373 e. The zero-order chi connectivity index (χ0) is 19.8. The van der Waals surface area contributed by atoms with Crippen LogP contribution in [0.5, 0.6) is 0 Å². The second-order valence-electron chi connectivity index (χ2n) is 7.33. The van der Waals surface area contributed by atoms with E-state index >= 15 is 0 Å². The summed E-state index contributed by atoms with van der Waals surface area (Å²) in [7, 11) is 0. The molecule has 0 unspecified atom stereocenters. The van der Waals surface area contributed by atoms with Gasteiger partial charge >= 0.3 is 0 Å². The first-order valence-corrected chi connectivity index (χ1v) is 9.46. The number of hydrogen-bond acceptors (Lipinski definition) is 8. The van der Waals surface area contributed by atoms with Gasteiger partial charge in [-0.2, -0.15) is 20.1 Å². The van der Waals surface area contributed by atoms with Gasteiger partial charge in [-0.1, -0.05) is 17.3 Å². The smallest absolute Gasteiger partial charge is 0.246 e. The van der Waals surface area contributed by atoms with Crippen LogP contribution in [0.2, 0.25) is 0 Å². The molecule has 1 aromatic carbocycles. The molecule has 0 saturated carbocycles. The number of rotatable bonds is 4. The summed E-state index contributed by atoms with van der Waals surface area (Å²) < 4.78 is 11.4. The Bertz CT molecular complexity index is 1090. The molecule has 9 nitrogen and oxygen atoms in total. The van der Waals surface area contributed by atoms with E-state index in [9.17, 15) is 0 Å². The molecule has 146 valence electrons. The van der Waals surface area contributed by atoms with Crippen molar-refractivity contribution in [3.05, 3.63) is 64.6 Å². The van der Waals surface area contributed by atoms with E-state index in [1.807, 2.05) is 42.3 Å². The molecule has 3 aromatic rings. The van der Waals surface area contributed by atoms with Crippen molar-refractivity contribution in [3.63, 3.8) is 0 Å². The van der Waals surface area contributed by atoms with Crippen LogP contribution in [0.1, 0.15) is 52.5 Å². The lowest BCUT2D eigenvalue weighted by molar-refractivity contribution is 0.110. The second kappa shape index (κ2) is 7.14. The standard InChI is InChI=1S/C20H19N7O2/c1-13-8-22-27-17(13)9-26(12-23-27)10-19-24-20(25-29-19)16-6-18(28-11-16)15-4-2-14(7-21)3-5-15/h2-5,8,12,16,18H,6,9-11H2,1H3/t16-,18+/m0/s1. The van der Waals surface area contributed by atoms with Gasteiger partial charge in [-0.3, -0.25) is 0 Å². The van der Waals surface area contributed by atoms with Gasteiger partial charge in [0, 0.05) is 5.92 Å². The minimum absolute atomic E-state index is 0.0211. The average Bonchev–Trinajstić information content (AvgIpc) is 3.49. The fourth-order valence-corrected chi connectivity index (χ4v) is 3.67. The Morgan fingerprint density at radius 1 is 1.28 bits per heavy atom. The third-order valence-corrected chi connectivity index (χ3v) is 5.33. The number of fused-ring (bicyclic) bond motifs is 1. The summed E-state index contributed by atoms with van der Waals surface area (Å²) in [5.74, 6) is 1.32. The molecule has 0 aliphatic carbocycles. The number of ether oxygens (including phenoxy) is 1. The molecular weight excluding hydrogens is 370 g/mol. The highest BCUT2D eigenvalue weighted by atomic mass is 16.5. The third kappa shape index (κ3) is 3.39. The molecule has 29 heavy (non-hydrogen) atoms. The minimum atomic E-state index is -0.0211. The molecule has 1 saturated heterocycles. The van der Waals surface area contributed by atoms with Crippen molar-refractivity contribution in [2.24, 2.45) is 5.10 Å². The summed E-state index contributed by atoms with van der Waals surface area (Å²) in [5, 5.41) is 21.6. The van der Waals surface area contributed by atoms with Crippen molar-refractivity contribution < 1.29 is 9.26 Å². The molecule has 2 aliphatic rings. The van der Waals surface area contributed by atoms with Crippen molar-refractivity contribution in [3.8, 4) is 6.07 Å². The summed E-state index contributed by atoms with van der Waals surface area (Å²) in [6.45, 7) is 3.76. The monoisotopic (exact) mass is 389 g/mol. The third-order valence-electron chi connectivity index (χ3n) is 5.33. The molecule has 0 bridgehead atoms. The number of nitriles is 1. The molecular formula is C20H19N7O2.